The average Bonchev–Trinajstić information content (AvgIpc) is 2.93. The van der Waals surface area contributed by atoms with Crippen molar-refractivity contribution in [3.8, 4) is 5.69 Å². The number of rotatable bonds is 4. The molecule has 2 aromatic rings. The van der Waals surface area contributed by atoms with Crippen LogP contribution >= 0.6 is 11.8 Å². The fourth-order valence-corrected chi connectivity index (χ4v) is 3.70. The highest BCUT2D eigenvalue weighted by Crippen LogP contribution is 2.17. The lowest BCUT2D eigenvalue weighted by molar-refractivity contribution is 0.507. The average molecular weight is 287 g/mol. The summed E-state index contributed by atoms with van der Waals surface area (Å²) in [5.41, 5.74) is 2.53. The van der Waals surface area contributed by atoms with Gasteiger partial charge in [0, 0.05) is 36.4 Å². The second kappa shape index (κ2) is 6.46. The lowest BCUT2D eigenvalue weighted by Crippen LogP contribution is -2.33. The summed E-state index contributed by atoms with van der Waals surface area (Å²) in [5, 5.41) is 3.66. The van der Waals surface area contributed by atoms with Gasteiger partial charge in [0.15, 0.2) is 0 Å². The molecule has 4 heteroatoms. The van der Waals surface area contributed by atoms with Crippen LogP contribution in [0.1, 0.15) is 24.2 Å². The first kappa shape index (κ1) is 13.7. The molecule has 106 valence electrons. The van der Waals surface area contributed by atoms with Crippen molar-refractivity contribution >= 4 is 11.8 Å². The van der Waals surface area contributed by atoms with Gasteiger partial charge in [-0.15, -0.1) is 0 Å². The van der Waals surface area contributed by atoms with E-state index in [1.807, 2.05) is 19.3 Å². The zero-order valence-corrected chi connectivity index (χ0v) is 12.7. The van der Waals surface area contributed by atoms with Crippen molar-refractivity contribution in [2.75, 3.05) is 11.5 Å². The van der Waals surface area contributed by atoms with E-state index in [2.05, 4.69) is 50.9 Å². The predicted octanol–water partition coefficient (Wildman–Crippen LogP) is 3.17. The first-order valence-corrected chi connectivity index (χ1v) is 8.39. The van der Waals surface area contributed by atoms with Gasteiger partial charge >= 0.3 is 0 Å². The van der Waals surface area contributed by atoms with E-state index in [-0.39, 0.29) is 0 Å². The molecule has 1 aliphatic rings. The predicted molar refractivity (Wildman–Crippen MR) is 85.5 cm³/mol. The Balaban J connectivity index is 1.60. The summed E-state index contributed by atoms with van der Waals surface area (Å²) < 4.78 is 2.11. The third kappa shape index (κ3) is 3.25. The number of hydrogen-bond donors (Lipinski definition) is 1. The fraction of sp³-hybridized carbons (Fsp3) is 0.438. The molecule has 1 aromatic heterocycles. The summed E-state index contributed by atoms with van der Waals surface area (Å²) >= 11 is 2.07. The van der Waals surface area contributed by atoms with E-state index < -0.39 is 0 Å². The number of nitrogens with one attached hydrogen (secondary N) is 1. The zero-order chi connectivity index (χ0) is 13.8. The van der Waals surface area contributed by atoms with Crippen molar-refractivity contribution in [1.29, 1.82) is 0 Å². The standard InChI is InChI=1S/C16H21N3S/c1-13-17-8-9-19(13)16-6-4-14(5-7-16)11-18-15-3-2-10-20-12-15/h4-9,15,18H,2-3,10-12H2,1H3/t15-/m0/s1. The Labute approximate surface area is 124 Å². The van der Waals surface area contributed by atoms with E-state index in [1.165, 1.54) is 35.6 Å². The Morgan fingerprint density at radius 2 is 2.20 bits per heavy atom. The molecule has 1 aromatic carbocycles. The molecule has 1 saturated heterocycles. The molecule has 0 saturated carbocycles. The van der Waals surface area contributed by atoms with Crippen LogP contribution in [0.4, 0.5) is 0 Å². The van der Waals surface area contributed by atoms with E-state index in [0.717, 1.165) is 12.4 Å². The lowest BCUT2D eigenvalue weighted by Gasteiger charge is -2.22. The number of aromatic nitrogens is 2. The van der Waals surface area contributed by atoms with E-state index in [1.54, 1.807) is 0 Å². The first-order chi connectivity index (χ1) is 9.83. The summed E-state index contributed by atoms with van der Waals surface area (Å²) in [6.07, 6.45) is 6.51. The number of imidazole rings is 1. The van der Waals surface area contributed by atoms with E-state index >= 15 is 0 Å². The minimum Gasteiger partial charge on any atom is -0.309 e. The van der Waals surface area contributed by atoms with Gasteiger partial charge in [-0.05, 0) is 43.2 Å². The molecule has 0 spiro atoms. The largest absolute Gasteiger partial charge is 0.309 e. The Morgan fingerprint density at radius 1 is 1.35 bits per heavy atom. The van der Waals surface area contributed by atoms with Gasteiger partial charge in [0.05, 0.1) is 0 Å². The van der Waals surface area contributed by atoms with Crippen molar-refractivity contribution < 1.29 is 0 Å². The molecular weight excluding hydrogens is 266 g/mol. The molecule has 1 N–H and O–H groups in total. The Hall–Kier alpha value is -1.26. The molecule has 2 heterocycles. The quantitative estimate of drug-likeness (QED) is 0.937. The number of nitrogens with zero attached hydrogens (tertiary/aromatic N) is 2. The minimum atomic E-state index is 0.685. The van der Waals surface area contributed by atoms with Crippen LogP contribution in [0.25, 0.3) is 5.69 Å². The molecule has 3 rings (SSSR count). The Morgan fingerprint density at radius 3 is 2.85 bits per heavy atom. The summed E-state index contributed by atoms with van der Waals surface area (Å²) in [6, 6.07) is 9.43. The van der Waals surface area contributed by atoms with Crippen LogP contribution in [-0.2, 0) is 6.54 Å². The number of thioether (sulfide) groups is 1. The monoisotopic (exact) mass is 287 g/mol. The van der Waals surface area contributed by atoms with Crippen molar-refractivity contribution in [3.05, 3.63) is 48.0 Å². The Bertz CT molecular complexity index is 541. The first-order valence-electron chi connectivity index (χ1n) is 7.23. The van der Waals surface area contributed by atoms with Gasteiger partial charge in [0.1, 0.15) is 5.82 Å². The van der Waals surface area contributed by atoms with Crippen LogP contribution < -0.4 is 5.32 Å². The normalized spacial score (nSPS) is 19.1. The molecule has 3 nitrogen and oxygen atoms in total. The molecule has 1 fully saturated rings. The smallest absolute Gasteiger partial charge is 0.110 e. The van der Waals surface area contributed by atoms with Crippen molar-refractivity contribution in [3.63, 3.8) is 0 Å². The SMILES string of the molecule is Cc1nccn1-c1ccc(CN[C@H]2CCCSC2)cc1. The van der Waals surface area contributed by atoms with Gasteiger partial charge in [0.2, 0.25) is 0 Å². The van der Waals surface area contributed by atoms with Crippen LogP contribution in [0.5, 0.6) is 0 Å². The maximum Gasteiger partial charge on any atom is 0.110 e. The number of aryl methyl sites for hydroxylation is 1. The molecule has 1 aliphatic heterocycles. The topological polar surface area (TPSA) is 29.9 Å². The third-order valence-corrected chi connectivity index (χ3v) is 5.01. The van der Waals surface area contributed by atoms with Crippen LogP contribution in [0.15, 0.2) is 36.7 Å². The molecule has 0 amide bonds. The van der Waals surface area contributed by atoms with Gasteiger partial charge in [0.25, 0.3) is 0 Å². The van der Waals surface area contributed by atoms with Gasteiger partial charge in [-0.2, -0.15) is 11.8 Å². The highest BCUT2D eigenvalue weighted by Gasteiger charge is 2.12. The molecule has 0 bridgehead atoms. The van der Waals surface area contributed by atoms with Gasteiger partial charge in [-0.25, -0.2) is 4.98 Å². The maximum absolute atomic E-state index is 4.26. The van der Waals surface area contributed by atoms with Crippen molar-refractivity contribution in [2.45, 2.75) is 32.4 Å². The second-order valence-corrected chi connectivity index (χ2v) is 6.46. The van der Waals surface area contributed by atoms with E-state index in [9.17, 15) is 0 Å². The molecule has 20 heavy (non-hydrogen) atoms. The highest BCUT2D eigenvalue weighted by atomic mass is 32.2. The van der Waals surface area contributed by atoms with Crippen molar-refractivity contribution in [2.24, 2.45) is 0 Å². The fourth-order valence-electron chi connectivity index (χ4n) is 2.59. The molecular formula is C16H21N3S. The van der Waals surface area contributed by atoms with Crippen LogP contribution in [0, 0.1) is 6.92 Å². The molecule has 1 atom stereocenters. The van der Waals surface area contributed by atoms with Gasteiger partial charge < -0.3 is 9.88 Å². The van der Waals surface area contributed by atoms with E-state index in [0.29, 0.717) is 6.04 Å². The highest BCUT2D eigenvalue weighted by molar-refractivity contribution is 7.99. The summed E-state index contributed by atoms with van der Waals surface area (Å²) in [6.45, 7) is 2.99. The van der Waals surface area contributed by atoms with E-state index in [4.69, 9.17) is 0 Å². The van der Waals surface area contributed by atoms with Crippen LogP contribution in [0.2, 0.25) is 0 Å². The molecule has 0 radical (unpaired) electrons. The summed E-state index contributed by atoms with van der Waals surface area (Å²) in [5.74, 6) is 3.61. The number of hydrogen-bond acceptors (Lipinski definition) is 3. The number of benzene rings is 1. The summed E-state index contributed by atoms with van der Waals surface area (Å²) in [4.78, 5) is 4.26. The lowest BCUT2D eigenvalue weighted by atomic mass is 10.1. The van der Waals surface area contributed by atoms with Gasteiger partial charge in [-0.3, -0.25) is 0 Å². The molecule has 0 aliphatic carbocycles. The van der Waals surface area contributed by atoms with Crippen LogP contribution in [-0.4, -0.2) is 27.1 Å². The van der Waals surface area contributed by atoms with Gasteiger partial charge in [-0.1, -0.05) is 12.1 Å². The third-order valence-electron chi connectivity index (χ3n) is 3.80. The van der Waals surface area contributed by atoms with Crippen molar-refractivity contribution in [1.82, 2.24) is 14.9 Å². The maximum atomic E-state index is 4.26. The Kier molecular flexibility index (Phi) is 4.43. The zero-order valence-electron chi connectivity index (χ0n) is 11.9. The minimum absolute atomic E-state index is 0.685. The molecule has 0 unspecified atom stereocenters. The van der Waals surface area contributed by atoms with Crippen LogP contribution in [0.3, 0.4) is 0 Å². The summed E-state index contributed by atoms with van der Waals surface area (Å²) in [7, 11) is 0. The second-order valence-electron chi connectivity index (χ2n) is 5.31.